The fourth-order valence-corrected chi connectivity index (χ4v) is 3.00. The highest BCUT2D eigenvalue weighted by Gasteiger charge is 2.25. The smallest absolute Gasteiger partial charge is 0.290 e. The van der Waals surface area contributed by atoms with Crippen molar-refractivity contribution in [1.82, 2.24) is 5.32 Å². The Morgan fingerprint density at radius 2 is 1.96 bits per heavy atom. The number of imide groups is 1. The number of thioether (sulfide) groups is 1. The van der Waals surface area contributed by atoms with Gasteiger partial charge in [0.2, 0.25) is 0 Å². The number of ether oxygens (including phenoxy) is 1. The molecular weight excluding hydrogens is 353 g/mol. The fraction of sp³-hybridized carbons (Fsp3) is 0.0588. The number of hydrogen-bond donors (Lipinski definition) is 1. The van der Waals surface area contributed by atoms with Gasteiger partial charge in [-0.3, -0.25) is 14.9 Å². The van der Waals surface area contributed by atoms with Gasteiger partial charge in [0, 0.05) is 11.1 Å². The Bertz CT molecular complexity index is 833. The molecule has 1 N–H and O–H groups in total. The quantitative estimate of drug-likeness (QED) is 0.819. The number of carbonyl (C=O) groups is 2. The summed E-state index contributed by atoms with van der Waals surface area (Å²) in [4.78, 5) is 23.1. The Morgan fingerprint density at radius 3 is 2.67 bits per heavy atom. The summed E-state index contributed by atoms with van der Waals surface area (Å²) in [6.45, 7) is -0.0516. The zero-order valence-corrected chi connectivity index (χ0v) is 13.8. The minimum Gasteiger partial charge on any atom is -0.488 e. The van der Waals surface area contributed by atoms with Crippen molar-refractivity contribution < 1.29 is 18.7 Å². The van der Waals surface area contributed by atoms with E-state index in [9.17, 15) is 14.0 Å². The van der Waals surface area contributed by atoms with Crippen LogP contribution in [0.3, 0.4) is 0 Å². The van der Waals surface area contributed by atoms with E-state index in [1.807, 2.05) is 0 Å². The van der Waals surface area contributed by atoms with E-state index in [0.29, 0.717) is 11.3 Å². The number of benzene rings is 2. The summed E-state index contributed by atoms with van der Waals surface area (Å²) in [5, 5.41) is 2.05. The second kappa shape index (κ2) is 7.07. The van der Waals surface area contributed by atoms with Gasteiger partial charge in [0.1, 0.15) is 18.2 Å². The van der Waals surface area contributed by atoms with Crippen LogP contribution >= 0.6 is 23.4 Å². The lowest BCUT2D eigenvalue weighted by Crippen LogP contribution is -2.17. The molecule has 0 radical (unpaired) electrons. The van der Waals surface area contributed by atoms with E-state index in [2.05, 4.69) is 5.32 Å². The van der Waals surface area contributed by atoms with E-state index in [1.54, 1.807) is 36.4 Å². The number of nitrogens with one attached hydrogen (secondary N) is 1. The largest absolute Gasteiger partial charge is 0.488 e. The maximum Gasteiger partial charge on any atom is 0.290 e. The summed E-state index contributed by atoms with van der Waals surface area (Å²) in [5.41, 5.74) is 0.863. The average molecular weight is 364 g/mol. The van der Waals surface area contributed by atoms with E-state index >= 15 is 0 Å². The van der Waals surface area contributed by atoms with Crippen LogP contribution < -0.4 is 10.1 Å². The Balaban J connectivity index is 1.84. The number of halogens is 2. The normalized spacial score (nSPS) is 15.7. The Morgan fingerprint density at radius 1 is 1.17 bits per heavy atom. The minimum absolute atomic E-state index is 0.0516. The molecule has 24 heavy (non-hydrogen) atoms. The lowest BCUT2D eigenvalue weighted by Gasteiger charge is -2.11. The van der Waals surface area contributed by atoms with Crippen LogP contribution in [-0.2, 0) is 11.4 Å². The fourth-order valence-electron chi connectivity index (χ4n) is 2.11. The zero-order valence-electron chi connectivity index (χ0n) is 12.2. The molecule has 0 bridgehead atoms. The van der Waals surface area contributed by atoms with Gasteiger partial charge in [0.05, 0.1) is 9.93 Å². The van der Waals surface area contributed by atoms with Gasteiger partial charge in [0.25, 0.3) is 11.1 Å². The molecule has 3 rings (SSSR count). The SMILES string of the molecule is O=C1NC(=O)/C(=C\c2ccccc2OCc2c(F)cccc2Cl)S1. The summed E-state index contributed by atoms with van der Waals surface area (Å²) < 4.78 is 19.5. The maximum absolute atomic E-state index is 13.8. The van der Waals surface area contributed by atoms with E-state index < -0.39 is 17.0 Å². The molecule has 7 heteroatoms. The average Bonchev–Trinajstić information content (AvgIpc) is 2.86. The predicted octanol–water partition coefficient (Wildman–Crippen LogP) is 4.38. The number of carbonyl (C=O) groups excluding carboxylic acids is 2. The lowest BCUT2D eigenvalue weighted by molar-refractivity contribution is -0.115. The van der Waals surface area contributed by atoms with Crippen molar-refractivity contribution in [3.05, 3.63) is 69.3 Å². The molecule has 1 aliphatic rings. The Kier molecular flexibility index (Phi) is 4.87. The van der Waals surface area contributed by atoms with Crippen molar-refractivity contribution in [2.75, 3.05) is 0 Å². The Labute approximate surface area is 146 Å². The van der Waals surface area contributed by atoms with Crippen LogP contribution in [0.2, 0.25) is 5.02 Å². The van der Waals surface area contributed by atoms with Gasteiger partial charge < -0.3 is 4.74 Å². The molecule has 2 aromatic rings. The van der Waals surface area contributed by atoms with Gasteiger partial charge in [0.15, 0.2) is 0 Å². The third-order valence-electron chi connectivity index (χ3n) is 3.28. The van der Waals surface area contributed by atoms with Crippen LogP contribution in [-0.4, -0.2) is 11.1 Å². The molecule has 0 aliphatic carbocycles. The highest BCUT2D eigenvalue weighted by Crippen LogP contribution is 2.30. The van der Waals surface area contributed by atoms with Crippen molar-refractivity contribution in [3.63, 3.8) is 0 Å². The molecule has 0 spiro atoms. The molecule has 0 saturated carbocycles. The molecule has 1 aliphatic heterocycles. The standard InChI is InChI=1S/C17H11ClFNO3S/c18-12-5-3-6-13(19)11(12)9-23-14-7-2-1-4-10(14)8-15-16(21)20-17(22)24-15/h1-8H,9H2,(H,20,21,22)/b15-8+. The molecule has 0 aromatic heterocycles. The zero-order chi connectivity index (χ0) is 17.1. The highest BCUT2D eigenvalue weighted by atomic mass is 35.5. The van der Waals surface area contributed by atoms with Gasteiger partial charge in [-0.1, -0.05) is 35.9 Å². The number of amides is 2. The van der Waals surface area contributed by atoms with Crippen molar-refractivity contribution in [2.45, 2.75) is 6.61 Å². The van der Waals surface area contributed by atoms with Gasteiger partial charge >= 0.3 is 0 Å². The number of rotatable bonds is 4. The number of para-hydroxylation sites is 1. The predicted molar refractivity (Wildman–Crippen MR) is 91.3 cm³/mol. The van der Waals surface area contributed by atoms with Crippen LogP contribution in [0.1, 0.15) is 11.1 Å². The molecule has 1 saturated heterocycles. The van der Waals surface area contributed by atoms with Crippen LogP contribution in [0, 0.1) is 5.82 Å². The molecule has 1 heterocycles. The first-order valence-corrected chi connectivity index (χ1v) is 8.13. The first-order chi connectivity index (χ1) is 11.5. The summed E-state index contributed by atoms with van der Waals surface area (Å²) in [6, 6.07) is 11.4. The first-order valence-electron chi connectivity index (χ1n) is 6.94. The van der Waals surface area contributed by atoms with Crippen molar-refractivity contribution in [1.29, 1.82) is 0 Å². The van der Waals surface area contributed by atoms with Gasteiger partial charge in [-0.25, -0.2) is 4.39 Å². The van der Waals surface area contributed by atoms with Crippen LogP contribution in [0.25, 0.3) is 6.08 Å². The molecule has 1 fully saturated rings. The second-order valence-corrected chi connectivity index (χ2v) is 6.30. The molecule has 0 unspecified atom stereocenters. The monoisotopic (exact) mass is 363 g/mol. The molecule has 122 valence electrons. The van der Waals surface area contributed by atoms with Crippen molar-refractivity contribution in [2.24, 2.45) is 0 Å². The van der Waals surface area contributed by atoms with E-state index in [0.717, 1.165) is 11.8 Å². The van der Waals surface area contributed by atoms with Crippen LogP contribution in [0.4, 0.5) is 9.18 Å². The maximum atomic E-state index is 13.8. The lowest BCUT2D eigenvalue weighted by atomic mass is 10.1. The summed E-state index contributed by atoms with van der Waals surface area (Å²) in [6.07, 6.45) is 1.56. The molecule has 4 nitrogen and oxygen atoms in total. The topological polar surface area (TPSA) is 55.4 Å². The first kappa shape index (κ1) is 16.5. The Hall–Kier alpha value is -2.31. The molecule has 0 atom stereocenters. The summed E-state index contributed by atoms with van der Waals surface area (Å²) in [5.74, 6) is -0.441. The van der Waals surface area contributed by atoms with E-state index in [-0.39, 0.29) is 22.1 Å². The number of hydrogen-bond acceptors (Lipinski definition) is 4. The summed E-state index contributed by atoms with van der Waals surface area (Å²) >= 11 is 6.80. The van der Waals surface area contributed by atoms with Crippen LogP contribution in [0.15, 0.2) is 47.4 Å². The van der Waals surface area contributed by atoms with Crippen molar-refractivity contribution in [3.8, 4) is 5.75 Å². The molecule has 2 amide bonds. The highest BCUT2D eigenvalue weighted by molar-refractivity contribution is 8.18. The molecule has 2 aromatic carbocycles. The van der Waals surface area contributed by atoms with Crippen LogP contribution in [0.5, 0.6) is 5.75 Å². The summed E-state index contributed by atoms with van der Waals surface area (Å²) in [7, 11) is 0. The third kappa shape index (κ3) is 3.60. The van der Waals surface area contributed by atoms with Gasteiger partial charge in [-0.05, 0) is 36.0 Å². The van der Waals surface area contributed by atoms with Gasteiger partial charge in [-0.2, -0.15) is 0 Å². The minimum atomic E-state index is -0.449. The third-order valence-corrected chi connectivity index (χ3v) is 4.45. The van der Waals surface area contributed by atoms with Gasteiger partial charge in [-0.15, -0.1) is 0 Å². The second-order valence-electron chi connectivity index (χ2n) is 4.88. The van der Waals surface area contributed by atoms with E-state index in [1.165, 1.54) is 12.1 Å². The molecular formula is C17H11ClFNO3S. The van der Waals surface area contributed by atoms with E-state index in [4.69, 9.17) is 16.3 Å². The van der Waals surface area contributed by atoms with Crippen molar-refractivity contribution >= 4 is 40.6 Å².